The van der Waals surface area contributed by atoms with Gasteiger partial charge in [-0.2, -0.15) is 0 Å². The van der Waals surface area contributed by atoms with E-state index in [1.165, 1.54) is 35.0 Å². The highest BCUT2D eigenvalue weighted by Crippen LogP contribution is 2.12. The number of halogens is 1. The second-order valence-electron chi connectivity index (χ2n) is 4.30. The predicted octanol–water partition coefficient (Wildman–Crippen LogP) is 2.09. The van der Waals surface area contributed by atoms with Gasteiger partial charge in [0.15, 0.2) is 0 Å². The van der Waals surface area contributed by atoms with Gasteiger partial charge in [-0.1, -0.05) is 11.6 Å². The van der Waals surface area contributed by atoms with Gasteiger partial charge in [-0.25, -0.2) is 4.39 Å². The van der Waals surface area contributed by atoms with Crippen LogP contribution in [0, 0.1) is 12.7 Å². The number of carbonyl (C=O) groups is 1. The molecule has 0 atom stereocenters. The molecule has 0 fully saturated rings. The lowest BCUT2D eigenvalue weighted by molar-refractivity contribution is 0.102. The molecule has 0 saturated heterocycles. The molecule has 0 aliphatic carbocycles. The number of hydrogen-bond acceptors (Lipinski definition) is 2. The molecule has 1 aromatic carbocycles. The SMILES string of the molecule is Cc1ccc(F)c(C(=O)Nc2ccc(=O)n(C)c2)c1. The second-order valence-corrected chi connectivity index (χ2v) is 4.30. The van der Waals surface area contributed by atoms with Crippen molar-refractivity contribution in [2.75, 3.05) is 5.32 Å². The fraction of sp³-hybridized carbons (Fsp3) is 0.143. The molecule has 0 aliphatic rings. The lowest BCUT2D eigenvalue weighted by atomic mass is 10.1. The zero-order valence-corrected chi connectivity index (χ0v) is 10.6. The average Bonchev–Trinajstić information content (AvgIpc) is 2.36. The number of rotatable bonds is 2. The number of aromatic nitrogens is 1. The Morgan fingerprint density at radius 3 is 2.68 bits per heavy atom. The Hall–Kier alpha value is -2.43. The van der Waals surface area contributed by atoms with Crippen LogP contribution in [0.2, 0.25) is 0 Å². The molecule has 1 heterocycles. The van der Waals surface area contributed by atoms with Gasteiger partial charge in [0, 0.05) is 19.3 Å². The highest BCUT2D eigenvalue weighted by atomic mass is 19.1. The number of amides is 1. The van der Waals surface area contributed by atoms with Crippen LogP contribution in [0.5, 0.6) is 0 Å². The number of anilines is 1. The summed E-state index contributed by atoms with van der Waals surface area (Å²) in [5, 5.41) is 2.56. The minimum absolute atomic E-state index is 0.0196. The predicted molar refractivity (Wildman–Crippen MR) is 70.8 cm³/mol. The van der Waals surface area contributed by atoms with Gasteiger partial charge in [0.1, 0.15) is 5.82 Å². The van der Waals surface area contributed by atoms with Crippen molar-refractivity contribution < 1.29 is 9.18 Å². The van der Waals surface area contributed by atoms with E-state index >= 15 is 0 Å². The summed E-state index contributed by atoms with van der Waals surface area (Å²) in [6.07, 6.45) is 1.48. The first-order chi connectivity index (χ1) is 8.97. The number of benzene rings is 1. The fourth-order valence-corrected chi connectivity index (χ4v) is 1.68. The van der Waals surface area contributed by atoms with Gasteiger partial charge >= 0.3 is 0 Å². The van der Waals surface area contributed by atoms with Crippen LogP contribution in [-0.2, 0) is 7.05 Å². The van der Waals surface area contributed by atoms with Gasteiger partial charge in [0.05, 0.1) is 11.3 Å². The van der Waals surface area contributed by atoms with Crippen molar-refractivity contribution in [3.05, 3.63) is 63.8 Å². The zero-order chi connectivity index (χ0) is 14.0. The van der Waals surface area contributed by atoms with Crippen molar-refractivity contribution in [3.63, 3.8) is 0 Å². The monoisotopic (exact) mass is 260 g/mol. The standard InChI is InChI=1S/C14H13FN2O2/c1-9-3-5-12(15)11(7-9)14(19)16-10-4-6-13(18)17(2)8-10/h3-8H,1-2H3,(H,16,19). The van der Waals surface area contributed by atoms with E-state index in [0.29, 0.717) is 5.69 Å². The van der Waals surface area contributed by atoms with Gasteiger partial charge in [0.2, 0.25) is 5.56 Å². The number of carbonyl (C=O) groups excluding carboxylic acids is 1. The summed E-state index contributed by atoms with van der Waals surface area (Å²) in [5.41, 5.74) is 1.04. The molecule has 4 nitrogen and oxygen atoms in total. The zero-order valence-electron chi connectivity index (χ0n) is 10.6. The Bertz CT molecular complexity index is 692. The van der Waals surface area contributed by atoms with Crippen LogP contribution in [0.25, 0.3) is 0 Å². The van der Waals surface area contributed by atoms with Gasteiger partial charge < -0.3 is 9.88 Å². The van der Waals surface area contributed by atoms with Gasteiger partial charge in [0.25, 0.3) is 5.91 Å². The molecule has 5 heteroatoms. The van der Waals surface area contributed by atoms with Crippen LogP contribution in [0.3, 0.4) is 0 Å². The van der Waals surface area contributed by atoms with Crippen molar-refractivity contribution in [1.29, 1.82) is 0 Å². The largest absolute Gasteiger partial charge is 0.321 e. The summed E-state index contributed by atoms with van der Waals surface area (Å²) >= 11 is 0. The first kappa shape index (κ1) is 13.0. The number of hydrogen-bond donors (Lipinski definition) is 1. The second kappa shape index (κ2) is 5.06. The van der Waals surface area contributed by atoms with Gasteiger partial charge in [-0.15, -0.1) is 0 Å². The van der Waals surface area contributed by atoms with E-state index in [4.69, 9.17) is 0 Å². The highest BCUT2D eigenvalue weighted by molar-refractivity contribution is 6.04. The molecule has 1 aromatic heterocycles. The third kappa shape index (κ3) is 2.88. The molecule has 2 aromatic rings. The molecule has 0 aliphatic heterocycles. The minimum Gasteiger partial charge on any atom is -0.321 e. The molecular weight excluding hydrogens is 247 g/mol. The van der Waals surface area contributed by atoms with E-state index in [1.807, 2.05) is 0 Å². The first-order valence-corrected chi connectivity index (χ1v) is 5.71. The molecule has 1 N–H and O–H groups in total. The van der Waals surface area contributed by atoms with E-state index in [-0.39, 0.29) is 11.1 Å². The van der Waals surface area contributed by atoms with Crippen LogP contribution in [-0.4, -0.2) is 10.5 Å². The fourth-order valence-electron chi connectivity index (χ4n) is 1.68. The minimum atomic E-state index is -0.576. The molecule has 98 valence electrons. The Balaban J connectivity index is 2.28. The molecule has 2 rings (SSSR count). The summed E-state index contributed by atoms with van der Waals surface area (Å²) in [6, 6.07) is 7.14. The van der Waals surface area contributed by atoms with Crippen LogP contribution < -0.4 is 10.9 Å². The maximum Gasteiger partial charge on any atom is 0.258 e. The van der Waals surface area contributed by atoms with Crippen LogP contribution in [0.4, 0.5) is 10.1 Å². The Morgan fingerprint density at radius 2 is 2.00 bits per heavy atom. The van der Waals surface area contributed by atoms with E-state index in [2.05, 4.69) is 5.32 Å². The number of nitrogens with one attached hydrogen (secondary N) is 1. The summed E-state index contributed by atoms with van der Waals surface area (Å²) in [4.78, 5) is 23.2. The normalized spacial score (nSPS) is 10.3. The Morgan fingerprint density at radius 1 is 1.26 bits per heavy atom. The van der Waals surface area contributed by atoms with Gasteiger partial charge in [-0.05, 0) is 25.1 Å². The van der Waals surface area contributed by atoms with Crippen LogP contribution >= 0.6 is 0 Å². The molecule has 0 radical (unpaired) electrons. The summed E-state index contributed by atoms with van der Waals surface area (Å²) in [7, 11) is 1.57. The van der Waals surface area contributed by atoms with E-state index in [1.54, 1.807) is 20.0 Å². The topological polar surface area (TPSA) is 51.1 Å². The van der Waals surface area contributed by atoms with Crippen LogP contribution in [0.1, 0.15) is 15.9 Å². The van der Waals surface area contributed by atoms with Crippen molar-refractivity contribution >= 4 is 11.6 Å². The van der Waals surface area contributed by atoms with Crippen LogP contribution in [0.15, 0.2) is 41.3 Å². The third-order valence-electron chi connectivity index (χ3n) is 2.71. The third-order valence-corrected chi connectivity index (χ3v) is 2.71. The summed E-state index contributed by atoms with van der Waals surface area (Å²) in [6.45, 7) is 1.78. The summed E-state index contributed by atoms with van der Waals surface area (Å²) < 4.78 is 14.9. The molecule has 0 unspecified atom stereocenters. The molecule has 0 spiro atoms. The number of pyridine rings is 1. The quantitative estimate of drug-likeness (QED) is 0.898. The lowest BCUT2D eigenvalue weighted by Gasteiger charge is -2.08. The number of aryl methyl sites for hydroxylation is 2. The molecule has 0 saturated carbocycles. The molecular formula is C14H13FN2O2. The Labute approximate surface area is 109 Å². The van der Waals surface area contributed by atoms with Crippen molar-refractivity contribution in [2.45, 2.75) is 6.92 Å². The lowest BCUT2D eigenvalue weighted by Crippen LogP contribution is -2.18. The first-order valence-electron chi connectivity index (χ1n) is 5.71. The van der Waals surface area contributed by atoms with E-state index in [0.717, 1.165) is 5.56 Å². The smallest absolute Gasteiger partial charge is 0.258 e. The Kier molecular flexibility index (Phi) is 3.46. The van der Waals surface area contributed by atoms with Crippen molar-refractivity contribution in [3.8, 4) is 0 Å². The van der Waals surface area contributed by atoms with Crippen molar-refractivity contribution in [2.24, 2.45) is 7.05 Å². The maximum atomic E-state index is 13.6. The van der Waals surface area contributed by atoms with E-state index < -0.39 is 11.7 Å². The maximum absolute atomic E-state index is 13.6. The van der Waals surface area contributed by atoms with E-state index in [9.17, 15) is 14.0 Å². The molecule has 0 bridgehead atoms. The summed E-state index contributed by atoms with van der Waals surface area (Å²) in [5.74, 6) is -1.12. The molecule has 1 amide bonds. The molecule has 19 heavy (non-hydrogen) atoms. The average molecular weight is 260 g/mol. The van der Waals surface area contributed by atoms with Gasteiger partial charge in [-0.3, -0.25) is 9.59 Å². The number of nitrogens with zero attached hydrogens (tertiary/aromatic N) is 1. The van der Waals surface area contributed by atoms with Crippen molar-refractivity contribution in [1.82, 2.24) is 4.57 Å². The highest BCUT2D eigenvalue weighted by Gasteiger charge is 2.12.